The molecule has 0 spiro atoms. The maximum atomic E-state index is 5.42. The van der Waals surface area contributed by atoms with Crippen molar-refractivity contribution >= 4 is 0 Å². The van der Waals surface area contributed by atoms with E-state index in [2.05, 4.69) is 38.2 Å². The normalized spacial score (nSPS) is 16.1. The van der Waals surface area contributed by atoms with Crippen LogP contribution in [-0.4, -0.2) is 18.9 Å². The van der Waals surface area contributed by atoms with Crippen LogP contribution >= 0.6 is 0 Å². The third kappa shape index (κ3) is 4.41. The molecule has 0 amide bonds. The van der Waals surface area contributed by atoms with Gasteiger partial charge in [-0.1, -0.05) is 25.8 Å². The standard InChI is InChI=1S/C17H27NO2/c1-4-5-6-13(2)18-14(3)7-8-15-9-10-16-17(11-15)20-12-19-16/h9-11,13-14,18H,4-8,12H2,1-3H3. The summed E-state index contributed by atoms with van der Waals surface area (Å²) in [4.78, 5) is 0. The van der Waals surface area contributed by atoms with Gasteiger partial charge in [0.1, 0.15) is 0 Å². The molecule has 1 aliphatic heterocycles. The second-order valence-electron chi connectivity index (χ2n) is 5.84. The summed E-state index contributed by atoms with van der Waals surface area (Å²) in [6.07, 6.45) is 6.08. The number of benzene rings is 1. The number of hydrogen-bond donors (Lipinski definition) is 1. The average molecular weight is 277 g/mol. The maximum absolute atomic E-state index is 5.42. The molecular weight excluding hydrogens is 250 g/mol. The minimum absolute atomic E-state index is 0.353. The first-order chi connectivity index (χ1) is 9.69. The van der Waals surface area contributed by atoms with Crippen LogP contribution in [0, 0.1) is 0 Å². The van der Waals surface area contributed by atoms with Gasteiger partial charge in [0.15, 0.2) is 11.5 Å². The predicted molar refractivity (Wildman–Crippen MR) is 82.5 cm³/mol. The van der Waals surface area contributed by atoms with Crippen LogP contribution in [0.3, 0.4) is 0 Å². The van der Waals surface area contributed by atoms with Crippen LogP contribution in [-0.2, 0) is 6.42 Å². The van der Waals surface area contributed by atoms with Crippen molar-refractivity contribution in [1.82, 2.24) is 5.32 Å². The predicted octanol–water partition coefficient (Wildman–Crippen LogP) is 3.90. The summed E-state index contributed by atoms with van der Waals surface area (Å²) in [5.41, 5.74) is 1.32. The lowest BCUT2D eigenvalue weighted by Gasteiger charge is -2.20. The van der Waals surface area contributed by atoms with Crippen molar-refractivity contribution in [1.29, 1.82) is 0 Å². The third-order valence-electron chi connectivity index (χ3n) is 3.86. The molecule has 3 heteroatoms. The van der Waals surface area contributed by atoms with Gasteiger partial charge in [-0.2, -0.15) is 0 Å². The number of ether oxygens (including phenoxy) is 2. The van der Waals surface area contributed by atoms with Crippen LogP contribution in [0.5, 0.6) is 11.5 Å². The number of nitrogens with one attached hydrogen (secondary N) is 1. The van der Waals surface area contributed by atoms with Crippen LogP contribution in [0.25, 0.3) is 0 Å². The molecule has 1 heterocycles. The van der Waals surface area contributed by atoms with E-state index in [1.165, 1.54) is 24.8 Å². The van der Waals surface area contributed by atoms with Crippen molar-refractivity contribution in [3.05, 3.63) is 23.8 Å². The molecule has 0 saturated heterocycles. The van der Waals surface area contributed by atoms with Gasteiger partial charge in [-0.15, -0.1) is 0 Å². The van der Waals surface area contributed by atoms with E-state index in [4.69, 9.17) is 9.47 Å². The van der Waals surface area contributed by atoms with Gasteiger partial charge in [0.25, 0.3) is 0 Å². The molecule has 0 aliphatic carbocycles. The molecule has 0 fully saturated rings. The Morgan fingerprint density at radius 1 is 1.10 bits per heavy atom. The van der Waals surface area contributed by atoms with Crippen LogP contribution in [0.2, 0.25) is 0 Å². The lowest BCUT2D eigenvalue weighted by Crippen LogP contribution is -2.34. The van der Waals surface area contributed by atoms with E-state index in [9.17, 15) is 0 Å². The maximum Gasteiger partial charge on any atom is 0.231 e. The zero-order chi connectivity index (χ0) is 14.4. The molecule has 0 aromatic heterocycles. The van der Waals surface area contributed by atoms with E-state index >= 15 is 0 Å². The van der Waals surface area contributed by atoms with Crippen molar-refractivity contribution in [2.75, 3.05) is 6.79 Å². The second kappa shape index (κ2) is 7.53. The van der Waals surface area contributed by atoms with Crippen molar-refractivity contribution in [3.8, 4) is 11.5 Å². The van der Waals surface area contributed by atoms with Crippen LogP contribution in [0.15, 0.2) is 18.2 Å². The second-order valence-corrected chi connectivity index (χ2v) is 5.84. The zero-order valence-electron chi connectivity index (χ0n) is 12.9. The lowest BCUT2D eigenvalue weighted by molar-refractivity contribution is 0.174. The molecule has 1 N–H and O–H groups in total. The van der Waals surface area contributed by atoms with E-state index in [-0.39, 0.29) is 0 Å². The average Bonchev–Trinajstić information content (AvgIpc) is 2.90. The van der Waals surface area contributed by atoms with Crippen LogP contribution in [0.4, 0.5) is 0 Å². The van der Waals surface area contributed by atoms with E-state index in [0.717, 1.165) is 24.3 Å². The number of aryl methyl sites for hydroxylation is 1. The highest BCUT2D eigenvalue weighted by atomic mass is 16.7. The zero-order valence-corrected chi connectivity index (χ0v) is 12.9. The first-order valence-corrected chi connectivity index (χ1v) is 7.83. The molecular formula is C17H27NO2. The summed E-state index contributed by atoms with van der Waals surface area (Å²) < 4.78 is 10.8. The Bertz CT molecular complexity index is 419. The summed E-state index contributed by atoms with van der Waals surface area (Å²) in [7, 11) is 0. The highest BCUT2D eigenvalue weighted by Gasteiger charge is 2.13. The SMILES string of the molecule is CCCCC(C)NC(C)CCc1ccc2c(c1)OCO2. The van der Waals surface area contributed by atoms with Gasteiger partial charge in [0, 0.05) is 12.1 Å². The molecule has 0 bridgehead atoms. The van der Waals surface area contributed by atoms with Crippen LogP contribution < -0.4 is 14.8 Å². The highest BCUT2D eigenvalue weighted by molar-refractivity contribution is 5.44. The first kappa shape index (κ1) is 15.2. The molecule has 2 unspecified atom stereocenters. The van der Waals surface area contributed by atoms with E-state index in [1.807, 2.05) is 6.07 Å². The fourth-order valence-corrected chi connectivity index (χ4v) is 2.64. The lowest BCUT2D eigenvalue weighted by atomic mass is 10.0. The summed E-state index contributed by atoms with van der Waals surface area (Å²) in [6.45, 7) is 7.16. The number of rotatable bonds is 8. The van der Waals surface area contributed by atoms with Crippen molar-refractivity contribution < 1.29 is 9.47 Å². The Morgan fingerprint density at radius 3 is 2.65 bits per heavy atom. The summed E-state index contributed by atoms with van der Waals surface area (Å²) in [6, 6.07) is 7.42. The Morgan fingerprint density at radius 2 is 1.85 bits per heavy atom. The van der Waals surface area contributed by atoms with Gasteiger partial charge in [-0.05, 0) is 50.8 Å². The fraction of sp³-hybridized carbons (Fsp3) is 0.647. The summed E-state index contributed by atoms with van der Waals surface area (Å²) in [5, 5.41) is 3.68. The molecule has 1 aromatic rings. The fourth-order valence-electron chi connectivity index (χ4n) is 2.64. The Hall–Kier alpha value is -1.22. The molecule has 1 aromatic carbocycles. The molecule has 1 aliphatic rings. The van der Waals surface area contributed by atoms with Gasteiger partial charge >= 0.3 is 0 Å². The van der Waals surface area contributed by atoms with Crippen molar-refractivity contribution in [2.45, 2.75) is 65.0 Å². The summed E-state index contributed by atoms with van der Waals surface area (Å²) >= 11 is 0. The molecule has 2 atom stereocenters. The van der Waals surface area contributed by atoms with Gasteiger partial charge in [-0.25, -0.2) is 0 Å². The van der Waals surface area contributed by atoms with Crippen LogP contribution in [0.1, 0.15) is 52.0 Å². The molecule has 3 nitrogen and oxygen atoms in total. The smallest absolute Gasteiger partial charge is 0.231 e. The van der Waals surface area contributed by atoms with E-state index in [0.29, 0.717) is 18.9 Å². The first-order valence-electron chi connectivity index (χ1n) is 7.83. The highest BCUT2D eigenvalue weighted by Crippen LogP contribution is 2.32. The number of unbranched alkanes of at least 4 members (excludes halogenated alkanes) is 1. The molecule has 0 saturated carbocycles. The van der Waals surface area contributed by atoms with Gasteiger partial charge in [-0.3, -0.25) is 0 Å². The molecule has 20 heavy (non-hydrogen) atoms. The summed E-state index contributed by atoms with van der Waals surface area (Å²) in [5.74, 6) is 1.76. The van der Waals surface area contributed by atoms with Crippen molar-refractivity contribution in [3.63, 3.8) is 0 Å². The quantitative estimate of drug-likeness (QED) is 0.781. The van der Waals surface area contributed by atoms with E-state index < -0.39 is 0 Å². The van der Waals surface area contributed by atoms with Gasteiger partial charge < -0.3 is 14.8 Å². The Labute approximate surface area is 122 Å². The van der Waals surface area contributed by atoms with E-state index in [1.54, 1.807) is 0 Å². The number of hydrogen-bond acceptors (Lipinski definition) is 3. The topological polar surface area (TPSA) is 30.5 Å². The molecule has 112 valence electrons. The third-order valence-corrected chi connectivity index (χ3v) is 3.86. The Balaban J connectivity index is 1.74. The number of fused-ring (bicyclic) bond motifs is 1. The minimum atomic E-state index is 0.353. The van der Waals surface area contributed by atoms with Crippen molar-refractivity contribution in [2.24, 2.45) is 0 Å². The molecule has 0 radical (unpaired) electrons. The molecule has 2 rings (SSSR count). The monoisotopic (exact) mass is 277 g/mol. The Kier molecular flexibility index (Phi) is 5.72. The van der Waals surface area contributed by atoms with Gasteiger partial charge in [0.2, 0.25) is 6.79 Å². The largest absolute Gasteiger partial charge is 0.454 e. The minimum Gasteiger partial charge on any atom is -0.454 e. The van der Waals surface area contributed by atoms with Gasteiger partial charge in [0.05, 0.1) is 0 Å².